The number of anilines is 1. The Hall–Kier alpha value is -3.29. The van der Waals surface area contributed by atoms with Crippen LogP contribution in [0.5, 0.6) is 0 Å². The average Bonchev–Trinajstić information content (AvgIpc) is 3.40. The molecule has 4 rings (SSSR count). The van der Waals surface area contributed by atoms with Gasteiger partial charge in [-0.2, -0.15) is 0 Å². The number of rotatable bonds is 5. The Morgan fingerprint density at radius 1 is 1.30 bits per heavy atom. The predicted octanol–water partition coefficient (Wildman–Crippen LogP) is 3.44. The van der Waals surface area contributed by atoms with Crippen LogP contribution in [0.15, 0.2) is 35.2 Å². The van der Waals surface area contributed by atoms with Crippen LogP contribution in [0.25, 0.3) is 11.1 Å². The Morgan fingerprint density at radius 3 is 2.77 bits per heavy atom. The smallest absolute Gasteiger partial charge is 0.259 e. The van der Waals surface area contributed by atoms with Crippen molar-refractivity contribution in [3.8, 4) is 11.1 Å². The van der Waals surface area contributed by atoms with E-state index in [0.717, 1.165) is 29.7 Å². The van der Waals surface area contributed by atoms with Gasteiger partial charge in [0.1, 0.15) is 11.3 Å². The Balaban J connectivity index is 1.79. The minimum absolute atomic E-state index is 0.0428. The Kier molecular flexibility index (Phi) is 5.48. The van der Waals surface area contributed by atoms with Crippen LogP contribution in [0, 0.1) is 6.92 Å². The summed E-state index contributed by atoms with van der Waals surface area (Å²) in [6, 6.07) is 3.75. The standard InChI is InChI=1S/C22H26N6O2/c1-5-17-19(14(2)30-26-17)21(29)28-12-6-7-18(28)20-16(15-8-10-23-11-9-15)13-24-22(25-20)27(3)4/h8-11,13,18H,5-7,12H2,1-4H3/t18-/m0/s1. The summed E-state index contributed by atoms with van der Waals surface area (Å²) in [5.74, 6) is 1.14. The maximum Gasteiger partial charge on any atom is 0.259 e. The van der Waals surface area contributed by atoms with Crippen LogP contribution >= 0.6 is 0 Å². The monoisotopic (exact) mass is 406 g/mol. The molecule has 0 aromatic carbocycles. The van der Waals surface area contributed by atoms with E-state index in [1.54, 1.807) is 19.3 Å². The second kappa shape index (κ2) is 8.22. The summed E-state index contributed by atoms with van der Waals surface area (Å²) in [7, 11) is 3.83. The number of hydrogen-bond donors (Lipinski definition) is 0. The molecule has 0 spiro atoms. The van der Waals surface area contributed by atoms with E-state index < -0.39 is 0 Å². The summed E-state index contributed by atoms with van der Waals surface area (Å²) < 4.78 is 5.32. The lowest BCUT2D eigenvalue weighted by Crippen LogP contribution is -2.32. The van der Waals surface area contributed by atoms with Crippen LogP contribution in [-0.4, -0.2) is 51.6 Å². The van der Waals surface area contributed by atoms with Crippen LogP contribution in [0.2, 0.25) is 0 Å². The van der Waals surface area contributed by atoms with Crippen LogP contribution in [0.1, 0.15) is 53.3 Å². The molecule has 8 heteroatoms. The normalized spacial score (nSPS) is 16.1. The number of nitrogens with zero attached hydrogens (tertiary/aromatic N) is 6. The summed E-state index contributed by atoms with van der Waals surface area (Å²) in [5, 5.41) is 4.07. The third kappa shape index (κ3) is 3.53. The van der Waals surface area contributed by atoms with E-state index in [2.05, 4.69) is 15.1 Å². The molecule has 1 atom stereocenters. The summed E-state index contributed by atoms with van der Waals surface area (Å²) in [5.41, 5.74) is 4.05. The molecule has 4 heterocycles. The second-order valence-corrected chi connectivity index (χ2v) is 7.67. The maximum atomic E-state index is 13.5. The highest BCUT2D eigenvalue weighted by atomic mass is 16.5. The number of amides is 1. The number of pyridine rings is 1. The molecule has 1 saturated heterocycles. The van der Waals surface area contributed by atoms with E-state index in [4.69, 9.17) is 9.51 Å². The van der Waals surface area contributed by atoms with E-state index in [0.29, 0.717) is 35.9 Å². The molecule has 0 unspecified atom stereocenters. The minimum atomic E-state index is -0.138. The molecule has 30 heavy (non-hydrogen) atoms. The van der Waals surface area contributed by atoms with Gasteiger partial charge in [-0.3, -0.25) is 9.78 Å². The summed E-state index contributed by atoms with van der Waals surface area (Å²) in [6.45, 7) is 4.45. The molecule has 1 amide bonds. The van der Waals surface area contributed by atoms with Gasteiger partial charge in [0, 0.05) is 44.8 Å². The molecule has 0 N–H and O–H groups in total. The van der Waals surface area contributed by atoms with Gasteiger partial charge >= 0.3 is 0 Å². The van der Waals surface area contributed by atoms with Crippen molar-refractivity contribution in [2.75, 3.05) is 25.5 Å². The highest BCUT2D eigenvalue weighted by molar-refractivity contribution is 5.96. The van der Waals surface area contributed by atoms with Crippen molar-refractivity contribution >= 4 is 11.9 Å². The molecule has 3 aromatic rings. The zero-order valence-electron chi connectivity index (χ0n) is 17.8. The van der Waals surface area contributed by atoms with Gasteiger partial charge in [0.2, 0.25) is 5.95 Å². The summed E-state index contributed by atoms with van der Waals surface area (Å²) in [4.78, 5) is 30.8. The quantitative estimate of drug-likeness (QED) is 0.641. The van der Waals surface area contributed by atoms with Crippen molar-refractivity contribution in [1.82, 2.24) is 25.0 Å². The van der Waals surface area contributed by atoms with Crippen molar-refractivity contribution in [2.24, 2.45) is 0 Å². The zero-order valence-corrected chi connectivity index (χ0v) is 17.8. The number of aryl methyl sites for hydroxylation is 2. The van der Waals surface area contributed by atoms with Gasteiger partial charge < -0.3 is 14.3 Å². The first-order valence-electron chi connectivity index (χ1n) is 10.2. The lowest BCUT2D eigenvalue weighted by Gasteiger charge is -2.27. The summed E-state index contributed by atoms with van der Waals surface area (Å²) >= 11 is 0. The number of carbonyl (C=O) groups is 1. The van der Waals surface area contributed by atoms with E-state index in [9.17, 15) is 4.79 Å². The van der Waals surface area contributed by atoms with Gasteiger partial charge in [-0.15, -0.1) is 0 Å². The van der Waals surface area contributed by atoms with Gasteiger partial charge in [0.25, 0.3) is 5.91 Å². The van der Waals surface area contributed by atoms with Gasteiger partial charge in [0.05, 0.1) is 17.4 Å². The van der Waals surface area contributed by atoms with E-state index in [1.807, 2.05) is 49.1 Å². The van der Waals surface area contributed by atoms with Crippen molar-refractivity contribution < 1.29 is 9.32 Å². The molecule has 8 nitrogen and oxygen atoms in total. The maximum absolute atomic E-state index is 13.5. The fourth-order valence-corrected chi connectivity index (χ4v) is 3.98. The third-order valence-electron chi connectivity index (χ3n) is 5.51. The first kappa shape index (κ1) is 20.0. The minimum Gasteiger partial charge on any atom is -0.361 e. The van der Waals surface area contributed by atoms with Crippen LogP contribution in [-0.2, 0) is 6.42 Å². The first-order valence-corrected chi connectivity index (χ1v) is 10.2. The number of aromatic nitrogens is 4. The highest BCUT2D eigenvalue weighted by Crippen LogP contribution is 2.38. The highest BCUT2D eigenvalue weighted by Gasteiger charge is 2.36. The first-order chi connectivity index (χ1) is 14.5. The average molecular weight is 406 g/mol. The molecule has 1 aliphatic rings. The van der Waals surface area contributed by atoms with Gasteiger partial charge in [0.15, 0.2) is 0 Å². The Morgan fingerprint density at radius 2 is 2.07 bits per heavy atom. The lowest BCUT2D eigenvalue weighted by molar-refractivity contribution is 0.0730. The number of likely N-dealkylation sites (tertiary alicyclic amines) is 1. The molecule has 0 saturated carbocycles. The molecular weight excluding hydrogens is 380 g/mol. The van der Waals surface area contributed by atoms with E-state index in [-0.39, 0.29) is 11.9 Å². The zero-order chi connectivity index (χ0) is 21.3. The fraction of sp³-hybridized carbons (Fsp3) is 0.409. The lowest BCUT2D eigenvalue weighted by atomic mass is 10.00. The predicted molar refractivity (Wildman–Crippen MR) is 113 cm³/mol. The molecule has 3 aromatic heterocycles. The van der Waals surface area contributed by atoms with Crippen LogP contribution in [0.4, 0.5) is 5.95 Å². The van der Waals surface area contributed by atoms with Crippen molar-refractivity contribution in [3.05, 3.63) is 53.4 Å². The van der Waals surface area contributed by atoms with Crippen LogP contribution in [0.3, 0.4) is 0 Å². The van der Waals surface area contributed by atoms with Crippen LogP contribution < -0.4 is 4.90 Å². The molecule has 0 radical (unpaired) electrons. The van der Waals surface area contributed by atoms with Gasteiger partial charge in [-0.25, -0.2) is 9.97 Å². The second-order valence-electron chi connectivity index (χ2n) is 7.67. The van der Waals surface area contributed by atoms with Crippen molar-refractivity contribution in [2.45, 2.75) is 39.2 Å². The number of hydrogen-bond acceptors (Lipinski definition) is 7. The largest absolute Gasteiger partial charge is 0.361 e. The SMILES string of the molecule is CCc1noc(C)c1C(=O)N1CCC[C@H]1c1nc(N(C)C)ncc1-c1ccncc1. The van der Waals surface area contributed by atoms with Gasteiger partial charge in [-0.1, -0.05) is 12.1 Å². The van der Waals surface area contributed by atoms with Crippen molar-refractivity contribution in [1.29, 1.82) is 0 Å². The molecule has 156 valence electrons. The van der Waals surface area contributed by atoms with Gasteiger partial charge in [-0.05, 0) is 43.9 Å². The number of carbonyl (C=O) groups excluding carboxylic acids is 1. The molecule has 1 fully saturated rings. The van der Waals surface area contributed by atoms with Crippen molar-refractivity contribution in [3.63, 3.8) is 0 Å². The molecule has 0 aliphatic carbocycles. The summed E-state index contributed by atoms with van der Waals surface area (Å²) in [6.07, 6.45) is 7.77. The molecule has 1 aliphatic heterocycles. The molecule has 0 bridgehead atoms. The van der Waals surface area contributed by atoms with E-state index in [1.165, 1.54) is 0 Å². The fourth-order valence-electron chi connectivity index (χ4n) is 3.98. The Bertz CT molecular complexity index is 1050. The topological polar surface area (TPSA) is 88.3 Å². The third-order valence-corrected chi connectivity index (χ3v) is 5.51. The molecular formula is C22H26N6O2. The Labute approximate surface area is 175 Å². The van der Waals surface area contributed by atoms with E-state index >= 15 is 0 Å².